The second-order valence-corrected chi connectivity index (χ2v) is 6.33. The van der Waals surface area contributed by atoms with E-state index in [0.717, 1.165) is 38.9 Å². The van der Waals surface area contributed by atoms with Crippen LogP contribution in [0.4, 0.5) is 0 Å². The number of nitrogens with one attached hydrogen (secondary N) is 1. The van der Waals surface area contributed by atoms with Crippen molar-refractivity contribution >= 4 is 11.8 Å². The molecule has 0 aromatic carbocycles. The first-order chi connectivity index (χ1) is 10.1. The maximum atomic E-state index is 12.7. The van der Waals surface area contributed by atoms with Gasteiger partial charge in [-0.25, -0.2) is 0 Å². The Morgan fingerprint density at radius 2 is 2.00 bits per heavy atom. The van der Waals surface area contributed by atoms with Crippen molar-refractivity contribution < 1.29 is 9.59 Å². The maximum Gasteiger partial charge on any atom is 0.245 e. The standard InChI is InChI=1S/C16H23N3O2/c1-2-13(18-7-3-4-8-18)15(21)19-9-5-16(6-10-19)11-14(20)17-12-16/h3-4,7-8,13H,2,5-6,9-12H2,1H3,(H,17,20)/t13-/m1/s1. The molecule has 1 spiro atoms. The lowest BCUT2D eigenvalue weighted by atomic mass is 9.77. The molecule has 3 rings (SSSR count). The highest BCUT2D eigenvalue weighted by atomic mass is 16.2. The fraction of sp³-hybridized carbons (Fsp3) is 0.625. The minimum absolute atomic E-state index is 0.0996. The molecule has 2 aliphatic heterocycles. The molecule has 2 fully saturated rings. The van der Waals surface area contributed by atoms with Crippen LogP contribution in [-0.2, 0) is 9.59 Å². The van der Waals surface area contributed by atoms with Crippen LogP contribution < -0.4 is 5.32 Å². The van der Waals surface area contributed by atoms with Gasteiger partial charge in [0.25, 0.3) is 0 Å². The van der Waals surface area contributed by atoms with Gasteiger partial charge in [-0.15, -0.1) is 0 Å². The fourth-order valence-electron chi connectivity index (χ4n) is 3.59. The van der Waals surface area contributed by atoms with Gasteiger partial charge in [0.1, 0.15) is 6.04 Å². The molecule has 2 amide bonds. The van der Waals surface area contributed by atoms with E-state index in [4.69, 9.17) is 0 Å². The number of nitrogens with zero attached hydrogens (tertiary/aromatic N) is 2. The quantitative estimate of drug-likeness (QED) is 0.918. The third-order valence-electron chi connectivity index (χ3n) is 4.99. The summed E-state index contributed by atoms with van der Waals surface area (Å²) in [5.74, 6) is 0.370. The second kappa shape index (κ2) is 5.54. The molecule has 5 nitrogen and oxygen atoms in total. The molecule has 1 N–H and O–H groups in total. The van der Waals surface area contributed by atoms with Crippen LogP contribution in [0.1, 0.15) is 38.6 Å². The van der Waals surface area contributed by atoms with Crippen molar-refractivity contribution in [1.82, 2.24) is 14.8 Å². The number of likely N-dealkylation sites (tertiary alicyclic amines) is 1. The summed E-state index contributed by atoms with van der Waals surface area (Å²) in [5, 5.41) is 2.93. The first kappa shape index (κ1) is 14.2. The molecular formula is C16H23N3O2. The van der Waals surface area contributed by atoms with Crippen molar-refractivity contribution in [3.63, 3.8) is 0 Å². The van der Waals surface area contributed by atoms with E-state index in [0.29, 0.717) is 6.42 Å². The van der Waals surface area contributed by atoms with Gasteiger partial charge in [0, 0.05) is 38.4 Å². The molecule has 1 aromatic heterocycles. The largest absolute Gasteiger partial charge is 0.356 e. The van der Waals surface area contributed by atoms with Gasteiger partial charge >= 0.3 is 0 Å². The molecule has 2 saturated heterocycles. The summed E-state index contributed by atoms with van der Waals surface area (Å²) in [6.07, 6.45) is 7.20. The van der Waals surface area contributed by atoms with E-state index in [1.54, 1.807) is 0 Å². The number of hydrogen-bond donors (Lipinski definition) is 1. The number of hydrogen-bond acceptors (Lipinski definition) is 2. The zero-order valence-electron chi connectivity index (χ0n) is 12.5. The lowest BCUT2D eigenvalue weighted by Crippen LogP contribution is -2.46. The Bertz CT molecular complexity index is 516. The number of piperidine rings is 1. The lowest BCUT2D eigenvalue weighted by Gasteiger charge is -2.39. The van der Waals surface area contributed by atoms with Gasteiger partial charge in [-0.2, -0.15) is 0 Å². The predicted molar refractivity (Wildman–Crippen MR) is 79.6 cm³/mol. The summed E-state index contributed by atoms with van der Waals surface area (Å²) in [4.78, 5) is 26.1. The van der Waals surface area contributed by atoms with E-state index in [1.807, 2.05) is 40.9 Å². The lowest BCUT2D eigenvalue weighted by molar-refractivity contribution is -0.137. The summed E-state index contributed by atoms with van der Waals surface area (Å²) >= 11 is 0. The van der Waals surface area contributed by atoms with Crippen LogP contribution in [0.2, 0.25) is 0 Å². The van der Waals surface area contributed by atoms with Crippen LogP contribution in [0.25, 0.3) is 0 Å². The van der Waals surface area contributed by atoms with Crippen molar-refractivity contribution in [3.05, 3.63) is 24.5 Å². The highest BCUT2D eigenvalue weighted by Gasteiger charge is 2.42. The van der Waals surface area contributed by atoms with Crippen LogP contribution in [0.5, 0.6) is 0 Å². The normalized spacial score (nSPS) is 22.3. The summed E-state index contributed by atoms with van der Waals surface area (Å²) in [7, 11) is 0. The topological polar surface area (TPSA) is 54.3 Å². The Morgan fingerprint density at radius 1 is 1.33 bits per heavy atom. The van der Waals surface area contributed by atoms with Crippen LogP contribution in [0.3, 0.4) is 0 Å². The van der Waals surface area contributed by atoms with E-state index in [2.05, 4.69) is 5.32 Å². The summed E-state index contributed by atoms with van der Waals surface area (Å²) in [6.45, 7) is 4.37. The van der Waals surface area contributed by atoms with Crippen molar-refractivity contribution in [2.75, 3.05) is 19.6 Å². The smallest absolute Gasteiger partial charge is 0.245 e. The van der Waals surface area contributed by atoms with Gasteiger partial charge in [-0.1, -0.05) is 6.92 Å². The molecule has 0 unspecified atom stereocenters. The second-order valence-electron chi connectivity index (χ2n) is 6.33. The first-order valence-corrected chi connectivity index (χ1v) is 7.81. The number of rotatable bonds is 3. The van der Waals surface area contributed by atoms with Gasteiger partial charge in [-0.3, -0.25) is 9.59 Å². The highest BCUT2D eigenvalue weighted by molar-refractivity contribution is 5.81. The van der Waals surface area contributed by atoms with Gasteiger partial charge in [0.2, 0.25) is 11.8 Å². The summed E-state index contributed by atoms with van der Waals surface area (Å²) in [5.41, 5.74) is 0.100. The molecule has 1 aromatic rings. The molecule has 3 heterocycles. The average Bonchev–Trinajstić information content (AvgIpc) is 3.12. The third kappa shape index (κ3) is 2.69. The molecule has 21 heavy (non-hydrogen) atoms. The zero-order chi connectivity index (χ0) is 14.9. The van der Waals surface area contributed by atoms with E-state index >= 15 is 0 Å². The fourth-order valence-corrected chi connectivity index (χ4v) is 3.59. The molecule has 0 aliphatic carbocycles. The van der Waals surface area contributed by atoms with Gasteiger partial charge in [0.05, 0.1) is 0 Å². The molecule has 1 atom stereocenters. The van der Waals surface area contributed by atoms with Crippen molar-refractivity contribution in [3.8, 4) is 0 Å². The maximum absolute atomic E-state index is 12.7. The monoisotopic (exact) mass is 289 g/mol. The summed E-state index contributed by atoms with van der Waals surface area (Å²) in [6, 6.07) is 3.81. The first-order valence-electron chi connectivity index (χ1n) is 7.81. The SMILES string of the molecule is CC[C@H](C(=O)N1CCC2(CC1)CNC(=O)C2)n1cccc1. The summed E-state index contributed by atoms with van der Waals surface area (Å²) < 4.78 is 1.99. The van der Waals surface area contributed by atoms with E-state index < -0.39 is 0 Å². The minimum Gasteiger partial charge on any atom is -0.356 e. The van der Waals surface area contributed by atoms with Crippen LogP contribution in [0, 0.1) is 5.41 Å². The molecule has 0 bridgehead atoms. The zero-order valence-corrected chi connectivity index (χ0v) is 12.5. The molecule has 114 valence electrons. The number of carbonyl (C=O) groups excluding carboxylic acids is 2. The Labute approximate surface area is 125 Å². The highest BCUT2D eigenvalue weighted by Crippen LogP contribution is 2.38. The number of aromatic nitrogens is 1. The molecule has 0 saturated carbocycles. The Hall–Kier alpha value is -1.78. The van der Waals surface area contributed by atoms with Crippen molar-refractivity contribution in [2.45, 2.75) is 38.6 Å². The predicted octanol–water partition coefficient (Wildman–Crippen LogP) is 1.57. The number of carbonyl (C=O) groups is 2. The van der Waals surface area contributed by atoms with Crippen LogP contribution >= 0.6 is 0 Å². The average molecular weight is 289 g/mol. The van der Waals surface area contributed by atoms with E-state index in [-0.39, 0.29) is 23.3 Å². The van der Waals surface area contributed by atoms with Gasteiger partial charge in [-0.05, 0) is 36.8 Å². The van der Waals surface area contributed by atoms with E-state index in [1.165, 1.54) is 0 Å². The Kier molecular flexibility index (Phi) is 3.74. The van der Waals surface area contributed by atoms with Crippen molar-refractivity contribution in [2.24, 2.45) is 5.41 Å². The molecule has 5 heteroatoms. The van der Waals surface area contributed by atoms with Gasteiger partial charge < -0.3 is 14.8 Å². The van der Waals surface area contributed by atoms with Crippen LogP contribution in [0.15, 0.2) is 24.5 Å². The molecule has 0 radical (unpaired) electrons. The number of amides is 2. The molecule has 2 aliphatic rings. The van der Waals surface area contributed by atoms with Crippen molar-refractivity contribution in [1.29, 1.82) is 0 Å². The third-order valence-corrected chi connectivity index (χ3v) is 4.99. The Morgan fingerprint density at radius 3 is 2.52 bits per heavy atom. The van der Waals surface area contributed by atoms with Gasteiger partial charge in [0.15, 0.2) is 0 Å². The molecular weight excluding hydrogens is 266 g/mol. The van der Waals surface area contributed by atoms with E-state index in [9.17, 15) is 9.59 Å². The van der Waals surface area contributed by atoms with Crippen LogP contribution in [-0.4, -0.2) is 40.9 Å². The Balaban J connectivity index is 1.63. The minimum atomic E-state index is -0.0996.